The number of halogens is 1. The van der Waals surface area contributed by atoms with Gasteiger partial charge in [0.1, 0.15) is 0 Å². The van der Waals surface area contributed by atoms with Gasteiger partial charge in [-0.15, -0.1) is 11.8 Å². The van der Waals surface area contributed by atoms with Gasteiger partial charge in [0.15, 0.2) is 0 Å². The lowest BCUT2D eigenvalue weighted by Crippen LogP contribution is -2.14. The number of esters is 1. The summed E-state index contributed by atoms with van der Waals surface area (Å²) in [6.07, 6.45) is 0.275. The Balaban J connectivity index is 1.92. The van der Waals surface area contributed by atoms with E-state index in [1.165, 1.54) is 18.9 Å². The molecule has 2 rings (SSSR count). The summed E-state index contributed by atoms with van der Waals surface area (Å²) in [4.78, 5) is 24.1. The first kappa shape index (κ1) is 17.4. The number of carbonyl (C=O) groups excluding carboxylic acids is 2. The zero-order chi connectivity index (χ0) is 16.7. The number of ether oxygens (including phenoxy) is 1. The first-order valence-electron chi connectivity index (χ1n) is 6.91. The van der Waals surface area contributed by atoms with Crippen molar-refractivity contribution in [3.8, 4) is 0 Å². The Morgan fingerprint density at radius 2 is 1.91 bits per heavy atom. The summed E-state index contributed by atoms with van der Waals surface area (Å²) in [5.74, 6) is -0.159. The van der Waals surface area contributed by atoms with Crippen LogP contribution in [0.2, 0.25) is 5.02 Å². The molecular formula is C17H16ClNO3S. The third-order valence-electron chi connectivity index (χ3n) is 2.98. The molecule has 2 aromatic carbocycles. The molecule has 0 spiro atoms. The molecular weight excluding hydrogens is 334 g/mol. The van der Waals surface area contributed by atoms with Crippen molar-refractivity contribution in [1.29, 1.82) is 0 Å². The highest BCUT2D eigenvalue weighted by atomic mass is 35.5. The van der Waals surface area contributed by atoms with Gasteiger partial charge in [-0.2, -0.15) is 0 Å². The molecule has 0 aromatic heterocycles. The highest BCUT2D eigenvalue weighted by Gasteiger charge is 2.06. The monoisotopic (exact) mass is 349 g/mol. The quantitative estimate of drug-likeness (QED) is 0.637. The second-order valence-electron chi connectivity index (χ2n) is 4.74. The van der Waals surface area contributed by atoms with E-state index in [1.807, 2.05) is 36.4 Å². The third kappa shape index (κ3) is 5.96. The smallest absolute Gasteiger partial charge is 0.315 e. The summed E-state index contributed by atoms with van der Waals surface area (Å²) in [6.45, 7) is 0. The number of anilines is 1. The number of hydrogen-bond donors (Lipinski definition) is 1. The van der Waals surface area contributed by atoms with Gasteiger partial charge >= 0.3 is 5.97 Å². The zero-order valence-electron chi connectivity index (χ0n) is 12.5. The number of methoxy groups -OCH3 is 1. The van der Waals surface area contributed by atoms with Crippen LogP contribution < -0.4 is 5.32 Å². The Morgan fingerprint density at radius 3 is 2.61 bits per heavy atom. The predicted molar refractivity (Wildman–Crippen MR) is 93.0 cm³/mol. The minimum atomic E-state index is -0.285. The van der Waals surface area contributed by atoms with Crippen LogP contribution in [0.1, 0.15) is 5.56 Å². The summed E-state index contributed by atoms with van der Waals surface area (Å²) in [7, 11) is 1.36. The Morgan fingerprint density at radius 1 is 1.17 bits per heavy atom. The lowest BCUT2D eigenvalue weighted by molar-refractivity contribution is -0.137. The topological polar surface area (TPSA) is 55.4 Å². The van der Waals surface area contributed by atoms with Gasteiger partial charge in [0.05, 0.1) is 19.3 Å². The van der Waals surface area contributed by atoms with Crippen LogP contribution in [0.4, 0.5) is 5.69 Å². The molecule has 0 atom stereocenters. The number of carbonyl (C=O) groups is 2. The molecule has 1 N–H and O–H groups in total. The minimum Gasteiger partial charge on any atom is -0.468 e. The molecule has 0 saturated carbocycles. The van der Waals surface area contributed by atoms with Crippen molar-refractivity contribution in [2.45, 2.75) is 11.3 Å². The maximum atomic E-state index is 12.1. The molecule has 0 heterocycles. The fourth-order valence-corrected chi connectivity index (χ4v) is 2.77. The molecule has 0 unspecified atom stereocenters. The van der Waals surface area contributed by atoms with Crippen LogP contribution in [0.3, 0.4) is 0 Å². The highest BCUT2D eigenvalue weighted by Crippen LogP contribution is 2.22. The molecule has 0 saturated heterocycles. The summed E-state index contributed by atoms with van der Waals surface area (Å²) >= 11 is 7.18. The normalized spacial score (nSPS) is 10.2. The van der Waals surface area contributed by atoms with Gasteiger partial charge in [-0.05, 0) is 35.9 Å². The van der Waals surface area contributed by atoms with Gasteiger partial charge in [0.25, 0.3) is 0 Å². The van der Waals surface area contributed by atoms with Crippen molar-refractivity contribution < 1.29 is 14.3 Å². The molecule has 0 aliphatic rings. The number of rotatable bonds is 6. The molecule has 0 aliphatic carbocycles. The lowest BCUT2D eigenvalue weighted by Gasteiger charge is -2.07. The maximum Gasteiger partial charge on any atom is 0.315 e. The number of thioether (sulfide) groups is 1. The standard InChI is InChI=1S/C17H16ClNO3S/c1-22-17(21)11-23-15-4-2-3-14(10-15)19-16(20)9-12-5-7-13(18)8-6-12/h2-8,10H,9,11H2,1H3,(H,19,20). The summed E-state index contributed by atoms with van der Waals surface area (Å²) < 4.78 is 4.60. The Kier molecular flexibility index (Phi) is 6.50. The number of nitrogens with one attached hydrogen (secondary N) is 1. The average molecular weight is 350 g/mol. The summed E-state index contributed by atoms with van der Waals surface area (Å²) in [5.41, 5.74) is 1.59. The van der Waals surface area contributed by atoms with Gasteiger partial charge in [-0.1, -0.05) is 29.8 Å². The van der Waals surface area contributed by atoms with Crippen molar-refractivity contribution >= 4 is 40.9 Å². The Labute approximate surface area is 144 Å². The number of hydrogen-bond acceptors (Lipinski definition) is 4. The van der Waals surface area contributed by atoms with Gasteiger partial charge in [0, 0.05) is 15.6 Å². The zero-order valence-corrected chi connectivity index (χ0v) is 14.1. The van der Waals surface area contributed by atoms with Crippen LogP contribution in [0.15, 0.2) is 53.4 Å². The first-order valence-corrected chi connectivity index (χ1v) is 8.27. The minimum absolute atomic E-state index is 0.109. The molecule has 0 aliphatic heterocycles. The molecule has 120 valence electrons. The van der Waals surface area contributed by atoms with Crippen molar-refractivity contribution in [3.63, 3.8) is 0 Å². The predicted octanol–water partition coefficient (Wildman–Crippen LogP) is 3.79. The third-order valence-corrected chi connectivity index (χ3v) is 4.20. The molecule has 6 heteroatoms. The van der Waals surface area contributed by atoms with Crippen LogP contribution in [0, 0.1) is 0 Å². The van der Waals surface area contributed by atoms with Crippen molar-refractivity contribution in [2.24, 2.45) is 0 Å². The van der Waals surface area contributed by atoms with Crippen LogP contribution in [0.5, 0.6) is 0 Å². The first-order chi connectivity index (χ1) is 11.1. The van der Waals surface area contributed by atoms with Gasteiger partial charge in [-0.3, -0.25) is 9.59 Å². The van der Waals surface area contributed by atoms with E-state index >= 15 is 0 Å². The van der Waals surface area contributed by atoms with Gasteiger partial charge in [-0.25, -0.2) is 0 Å². The summed E-state index contributed by atoms with van der Waals surface area (Å²) in [6, 6.07) is 14.5. The van der Waals surface area contributed by atoms with Crippen molar-refractivity contribution in [3.05, 3.63) is 59.1 Å². The Bertz CT molecular complexity index is 688. The lowest BCUT2D eigenvalue weighted by atomic mass is 10.1. The SMILES string of the molecule is COC(=O)CSc1cccc(NC(=O)Cc2ccc(Cl)cc2)c1. The second kappa shape index (κ2) is 8.60. The van der Waals surface area contributed by atoms with E-state index in [1.54, 1.807) is 12.1 Å². The second-order valence-corrected chi connectivity index (χ2v) is 6.23. The van der Waals surface area contributed by atoms with Gasteiger partial charge in [0.2, 0.25) is 5.91 Å². The summed E-state index contributed by atoms with van der Waals surface area (Å²) in [5, 5.41) is 3.49. The van der Waals surface area contributed by atoms with Crippen LogP contribution >= 0.6 is 23.4 Å². The van der Waals surface area contributed by atoms with Crippen LogP contribution in [0.25, 0.3) is 0 Å². The molecule has 0 bridgehead atoms. The van der Waals surface area contributed by atoms with E-state index in [0.717, 1.165) is 10.5 Å². The van der Waals surface area contributed by atoms with E-state index in [0.29, 0.717) is 10.7 Å². The van der Waals surface area contributed by atoms with E-state index in [9.17, 15) is 9.59 Å². The Hall–Kier alpha value is -1.98. The van der Waals surface area contributed by atoms with E-state index in [2.05, 4.69) is 10.1 Å². The van der Waals surface area contributed by atoms with E-state index < -0.39 is 0 Å². The molecule has 0 fully saturated rings. The molecule has 0 radical (unpaired) electrons. The molecule has 23 heavy (non-hydrogen) atoms. The number of amides is 1. The average Bonchev–Trinajstić information content (AvgIpc) is 2.55. The largest absolute Gasteiger partial charge is 0.468 e. The van der Waals surface area contributed by atoms with E-state index in [-0.39, 0.29) is 24.1 Å². The van der Waals surface area contributed by atoms with E-state index in [4.69, 9.17) is 11.6 Å². The van der Waals surface area contributed by atoms with Crippen molar-refractivity contribution in [2.75, 3.05) is 18.2 Å². The fourth-order valence-electron chi connectivity index (χ4n) is 1.86. The molecule has 4 nitrogen and oxygen atoms in total. The fraction of sp³-hybridized carbons (Fsp3) is 0.176. The molecule has 1 amide bonds. The molecule has 2 aromatic rings. The van der Waals surface area contributed by atoms with Gasteiger partial charge < -0.3 is 10.1 Å². The van der Waals surface area contributed by atoms with Crippen LogP contribution in [-0.2, 0) is 20.7 Å². The van der Waals surface area contributed by atoms with Crippen molar-refractivity contribution in [1.82, 2.24) is 0 Å². The van der Waals surface area contributed by atoms with Crippen LogP contribution in [-0.4, -0.2) is 24.7 Å². The highest BCUT2D eigenvalue weighted by molar-refractivity contribution is 8.00. The number of benzene rings is 2. The maximum absolute atomic E-state index is 12.1.